The SMILES string of the molecule is CN=C(NCCCS(=O)(=O)Cc1ccccc1)N1CCN(C(C)C(F)(F)F)CC1. The van der Waals surface area contributed by atoms with E-state index in [9.17, 15) is 21.6 Å². The molecule has 0 radical (unpaired) electrons. The van der Waals surface area contributed by atoms with Crippen molar-refractivity contribution in [3.8, 4) is 0 Å². The van der Waals surface area contributed by atoms with E-state index >= 15 is 0 Å². The van der Waals surface area contributed by atoms with Gasteiger partial charge in [-0.15, -0.1) is 0 Å². The summed E-state index contributed by atoms with van der Waals surface area (Å²) in [5.74, 6) is 0.662. The van der Waals surface area contributed by atoms with Crippen LogP contribution in [0.3, 0.4) is 0 Å². The number of nitrogens with one attached hydrogen (secondary N) is 1. The third-order valence-electron chi connectivity index (χ3n) is 4.99. The van der Waals surface area contributed by atoms with Gasteiger partial charge in [0, 0.05) is 39.8 Å². The molecule has 2 rings (SSSR count). The van der Waals surface area contributed by atoms with Gasteiger partial charge in [0.25, 0.3) is 0 Å². The Morgan fingerprint density at radius 2 is 1.79 bits per heavy atom. The molecule has 1 atom stereocenters. The molecule has 1 heterocycles. The van der Waals surface area contributed by atoms with Crippen LogP contribution in [0.1, 0.15) is 18.9 Å². The topological polar surface area (TPSA) is 65.0 Å². The van der Waals surface area contributed by atoms with Gasteiger partial charge in [0.2, 0.25) is 0 Å². The van der Waals surface area contributed by atoms with Crippen LogP contribution in [0.5, 0.6) is 0 Å². The Labute approximate surface area is 170 Å². The number of alkyl halides is 3. The Morgan fingerprint density at radius 1 is 1.17 bits per heavy atom. The van der Waals surface area contributed by atoms with Crippen LogP contribution in [0.25, 0.3) is 0 Å². The lowest BCUT2D eigenvalue weighted by Gasteiger charge is -2.39. The summed E-state index contributed by atoms with van der Waals surface area (Å²) < 4.78 is 63.0. The summed E-state index contributed by atoms with van der Waals surface area (Å²) >= 11 is 0. The molecule has 0 bridgehead atoms. The highest BCUT2D eigenvalue weighted by molar-refractivity contribution is 7.90. The number of halogens is 3. The monoisotopic (exact) mass is 434 g/mol. The maximum absolute atomic E-state index is 12.9. The molecule has 164 valence electrons. The lowest BCUT2D eigenvalue weighted by molar-refractivity contribution is -0.181. The van der Waals surface area contributed by atoms with E-state index in [-0.39, 0.29) is 11.5 Å². The molecule has 1 N–H and O–H groups in total. The third-order valence-corrected chi connectivity index (χ3v) is 6.68. The van der Waals surface area contributed by atoms with Gasteiger partial charge in [-0.1, -0.05) is 30.3 Å². The molecule has 1 fully saturated rings. The first-order chi connectivity index (χ1) is 13.6. The molecule has 29 heavy (non-hydrogen) atoms. The van der Waals surface area contributed by atoms with Crippen LogP contribution in [0.2, 0.25) is 0 Å². The second kappa shape index (κ2) is 10.3. The summed E-state index contributed by atoms with van der Waals surface area (Å²) in [5, 5.41) is 3.12. The minimum Gasteiger partial charge on any atom is -0.356 e. The molecule has 0 aromatic heterocycles. The summed E-state index contributed by atoms with van der Waals surface area (Å²) in [7, 11) is -1.59. The van der Waals surface area contributed by atoms with E-state index in [1.54, 1.807) is 19.2 Å². The number of piperazine rings is 1. The Hall–Kier alpha value is -1.81. The molecule has 0 amide bonds. The van der Waals surface area contributed by atoms with E-state index in [4.69, 9.17) is 0 Å². The van der Waals surface area contributed by atoms with Crippen LogP contribution in [-0.4, -0.2) is 81.9 Å². The fourth-order valence-corrected chi connectivity index (χ4v) is 4.68. The normalized spacial score (nSPS) is 18.0. The van der Waals surface area contributed by atoms with Crippen LogP contribution in [0, 0.1) is 0 Å². The number of sulfone groups is 1. The van der Waals surface area contributed by atoms with Crippen molar-refractivity contribution in [2.75, 3.05) is 45.5 Å². The Kier molecular flexibility index (Phi) is 8.33. The zero-order valence-corrected chi connectivity index (χ0v) is 17.6. The van der Waals surface area contributed by atoms with E-state index in [0.717, 1.165) is 5.56 Å². The second-order valence-electron chi connectivity index (χ2n) is 7.15. The first-order valence-corrected chi connectivity index (χ1v) is 11.5. The van der Waals surface area contributed by atoms with Crippen molar-refractivity contribution in [2.24, 2.45) is 4.99 Å². The van der Waals surface area contributed by atoms with E-state index < -0.39 is 22.1 Å². The number of benzene rings is 1. The summed E-state index contributed by atoms with van der Waals surface area (Å²) in [4.78, 5) is 7.49. The highest BCUT2D eigenvalue weighted by Crippen LogP contribution is 2.25. The average molecular weight is 435 g/mol. The van der Waals surface area contributed by atoms with Crippen molar-refractivity contribution < 1.29 is 21.6 Å². The quantitative estimate of drug-likeness (QED) is 0.405. The Bertz CT molecular complexity index is 761. The number of aliphatic imine (C=N–C) groups is 1. The first-order valence-electron chi connectivity index (χ1n) is 9.63. The van der Waals surface area contributed by atoms with Crippen molar-refractivity contribution >= 4 is 15.8 Å². The standard InChI is InChI=1S/C19H29F3N4O2S/c1-16(19(20,21)22)25-10-12-26(13-11-25)18(23-2)24-9-6-14-29(27,28)15-17-7-4-3-5-8-17/h3-5,7-8,16H,6,9-15H2,1-2H3,(H,23,24). The molecule has 0 spiro atoms. The maximum Gasteiger partial charge on any atom is 0.403 e. The zero-order chi connectivity index (χ0) is 21.5. The van der Waals surface area contributed by atoms with Gasteiger partial charge in [0.15, 0.2) is 15.8 Å². The van der Waals surface area contributed by atoms with Gasteiger partial charge in [-0.25, -0.2) is 8.42 Å². The number of hydrogen-bond acceptors (Lipinski definition) is 4. The van der Waals surface area contributed by atoms with Crippen molar-refractivity contribution in [2.45, 2.75) is 31.3 Å². The molecule has 0 saturated carbocycles. The molecule has 1 unspecified atom stereocenters. The molecule has 1 aliphatic heterocycles. The fourth-order valence-electron chi connectivity index (χ4n) is 3.25. The van der Waals surface area contributed by atoms with E-state index in [2.05, 4.69) is 10.3 Å². The third kappa shape index (κ3) is 7.50. The van der Waals surface area contributed by atoms with Gasteiger partial charge in [-0.05, 0) is 18.9 Å². The van der Waals surface area contributed by atoms with E-state index in [0.29, 0.717) is 45.1 Å². The van der Waals surface area contributed by atoms with Crippen molar-refractivity contribution in [1.29, 1.82) is 0 Å². The van der Waals surface area contributed by atoms with Crippen LogP contribution in [0.15, 0.2) is 35.3 Å². The first kappa shape index (κ1) is 23.5. The summed E-state index contributed by atoms with van der Waals surface area (Å²) in [6.07, 6.45) is -3.80. The maximum atomic E-state index is 12.9. The molecule has 1 saturated heterocycles. The zero-order valence-electron chi connectivity index (χ0n) is 16.8. The highest BCUT2D eigenvalue weighted by atomic mass is 32.2. The lowest BCUT2D eigenvalue weighted by atomic mass is 10.2. The largest absolute Gasteiger partial charge is 0.403 e. The van der Waals surface area contributed by atoms with Crippen molar-refractivity contribution in [1.82, 2.24) is 15.1 Å². The molecule has 6 nitrogen and oxygen atoms in total. The van der Waals surface area contributed by atoms with Crippen molar-refractivity contribution in [3.63, 3.8) is 0 Å². The minimum atomic E-state index is -4.23. The smallest absolute Gasteiger partial charge is 0.356 e. The second-order valence-corrected chi connectivity index (χ2v) is 9.33. The Morgan fingerprint density at radius 3 is 2.34 bits per heavy atom. The van der Waals surface area contributed by atoms with Gasteiger partial charge in [0.05, 0.1) is 11.5 Å². The van der Waals surface area contributed by atoms with Gasteiger partial charge < -0.3 is 10.2 Å². The van der Waals surface area contributed by atoms with Crippen LogP contribution >= 0.6 is 0 Å². The molecule has 10 heteroatoms. The summed E-state index contributed by atoms with van der Waals surface area (Å²) in [6.45, 7) is 3.08. The summed E-state index contributed by atoms with van der Waals surface area (Å²) in [6, 6.07) is 7.58. The molecule has 1 aliphatic rings. The van der Waals surface area contributed by atoms with Gasteiger partial charge in [-0.2, -0.15) is 13.2 Å². The van der Waals surface area contributed by atoms with Crippen molar-refractivity contribution in [3.05, 3.63) is 35.9 Å². The van der Waals surface area contributed by atoms with Crippen LogP contribution < -0.4 is 5.32 Å². The average Bonchev–Trinajstić information content (AvgIpc) is 2.67. The number of hydrogen-bond donors (Lipinski definition) is 1. The van der Waals surface area contributed by atoms with Gasteiger partial charge in [-0.3, -0.25) is 9.89 Å². The number of rotatable bonds is 7. The predicted molar refractivity (Wildman–Crippen MR) is 109 cm³/mol. The fraction of sp³-hybridized carbons (Fsp3) is 0.632. The lowest BCUT2D eigenvalue weighted by Crippen LogP contribution is -2.56. The van der Waals surface area contributed by atoms with E-state index in [1.807, 2.05) is 23.1 Å². The predicted octanol–water partition coefficient (Wildman–Crippen LogP) is 2.14. The molecule has 0 aliphatic carbocycles. The minimum absolute atomic E-state index is 0.0158. The van der Waals surface area contributed by atoms with Crippen LogP contribution in [-0.2, 0) is 15.6 Å². The Balaban J connectivity index is 1.74. The molecule has 1 aromatic rings. The number of guanidine groups is 1. The molecule has 1 aromatic carbocycles. The highest BCUT2D eigenvalue weighted by Gasteiger charge is 2.41. The van der Waals surface area contributed by atoms with Gasteiger partial charge in [0.1, 0.15) is 6.04 Å². The molecular weight excluding hydrogens is 405 g/mol. The van der Waals surface area contributed by atoms with E-state index in [1.165, 1.54) is 11.8 Å². The van der Waals surface area contributed by atoms with Crippen LogP contribution in [0.4, 0.5) is 13.2 Å². The summed E-state index contributed by atoms with van der Waals surface area (Å²) in [5.41, 5.74) is 0.766. The van der Waals surface area contributed by atoms with Gasteiger partial charge >= 0.3 is 6.18 Å². The number of nitrogens with zero attached hydrogens (tertiary/aromatic N) is 3. The molecular formula is C19H29F3N4O2S.